The summed E-state index contributed by atoms with van der Waals surface area (Å²) >= 11 is 10.5. The van der Waals surface area contributed by atoms with Crippen LogP contribution in [0.3, 0.4) is 0 Å². The molecule has 0 aliphatic carbocycles. The molecule has 1 atom stereocenters. The summed E-state index contributed by atoms with van der Waals surface area (Å²) in [7, 11) is 1.69. The molecule has 0 unspecified atom stereocenters. The molecule has 0 radical (unpaired) electrons. The summed E-state index contributed by atoms with van der Waals surface area (Å²) in [6.45, 7) is 2.89. The molecule has 0 saturated heterocycles. The lowest BCUT2D eigenvalue weighted by atomic mass is 10.1. The van der Waals surface area contributed by atoms with Crippen LogP contribution >= 0.6 is 47.8 Å². The van der Waals surface area contributed by atoms with Crippen molar-refractivity contribution in [3.8, 4) is 5.75 Å². The Labute approximate surface area is 150 Å². The van der Waals surface area contributed by atoms with Crippen LogP contribution in [0, 0.1) is 0 Å². The third-order valence-corrected chi connectivity index (χ3v) is 4.83. The van der Waals surface area contributed by atoms with Gasteiger partial charge < -0.3 is 10.1 Å². The van der Waals surface area contributed by atoms with Gasteiger partial charge in [-0.25, -0.2) is 0 Å². The monoisotopic (exact) mass is 475 g/mol. The van der Waals surface area contributed by atoms with Crippen molar-refractivity contribution >= 4 is 47.8 Å². The van der Waals surface area contributed by atoms with Crippen LogP contribution in [0.1, 0.15) is 24.1 Å². The summed E-state index contributed by atoms with van der Waals surface area (Å²) < 4.78 is 8.55. The third-order valence-electron chi connectivity index (χ3n) is 3.26. The minimum absolute atomic E-state index is 0.264. The number of rotatable bonds is 5. The molecule has 5 heteroatoms. The lowest BCUT2D eigenvalue weighted by Crippen LogP contribution is -2.18. The van der Waals surface area contributed by atoms with Gasteiger partial charge in [0.2, 0.25) is 0 Å². The second-order valence-electron chi connectivity index (χ2n) is 4.73. The zero-order chi connectivity index (χ0) is 15.4. The fourth-order valence-corrected chi connectivity index (χ4v) is 3.85. The average molecular weight is 478 g/mol. The first kappa shape index (κ1) is 17.0. The zero-order valence-corrected chi connectivity index (χ0v) is 16.5. The summed E-state index contributed by atoms with van der Waals surface area (Å²) in [5.41, 5.74) is 2.37. The van der Waals surface area contributed by atoms with Gasteiger partial charge in [0.15, 0.2) is 0 Å². The predicted molar refractivity (Wildman–Crippen MR) is 97.8 cm³/mol. The molecule has 1 N–H and O–H groups in total. The Hall–Kier alpha value is -0.360. The SMILES string of the molecule is COc1c(Br)cc(Br)cc1CN[C@@H](C)c1ccc(Br)cc1. The molecule has 2 aromatic rings. The number of methoxy groups -OCH3 is 1. The number of halogens is 3. The molecule has 0 bridgehead atoms. The van der Waals surface area contributed by atoms with Gasteiger partial charge in [-0.2, -0.15) is 0 Å². The van der Waals surface area contributed by atoms with Gasteiger partial charge in [-0.15, -0.1) is 0 Å². The fourth-order valence-electron chi connectivity index (χ4n) is 2.11. The lowest BCUT2D eigenvalue weighted by molar-refractivity contribution is 0.403. The van der Waals surface area contributed by atoms with Crippen LogP contribution in [0.15, 0.2) is 49.8 Å². The van der Waals surface area contributed by atoms with Crippen LogP contribution < -0.4 is 10.1 Å². The summed E-state index contributed by atoms with van der Waals surface area (Å²) in [6, 6.07) is 12.7. The third kappa shape index (κ3) is 4.55. The lowest BCUT2D eigenvalue weighted by Gasteiger charge is -2.17. The Morgan fingerprint density at radius 1 is 1.05 bits per heavy atom. The van der Waals surface area contributed by atoms with E-state index in [2.05, 4.69) is 90.4 Å². The molecule has 2 nitrogen and oxygen atoms in total. The number of nitrogens with one attached hydrogen (secondary N) is 1. The Bertz CT molecular complexity index is 614. The minimum Gasteiger partial charge on any atom is -0.495 e. The molecular weight excluding hydrogens is 462 g/mol. The van der Waals surface area contributed by atoms with Gasteiger partial charge in [-0.1, -0.05) is 44.0 Å². The van der Waals surface area contributed by atoms with Gasteiger partial charge in [0, 0.05) is 27.1 Å². The molecule has 0 saturated carbocycles. The average Bonchev–Trinajstić information content (AvgIpc) is 2.45. The Kier molecular flexibility index (Phi) is 6.29. The Balaban J connectivity index is 2.10. The molecule has 21 heavy (non-hydrogen) atoms. The first-order valence-electron chi connectivity index (χ1n) is 6.52. The maximum atomic E-state index is 5.47. The molecule has 0 amide bonds. The first-order chi connectivity index (χ1) is 10.0. The molecule has 2 rings (SSSR count). The maximum Gasteiger partial charge on any atom is 0.137 e. The van der Waals surface area contributed by atoms with E-state index in [1.54, 1.807) is 7.11 Å². The quantitative estimate of drug-likeness (QED) is 0.584. The highest BCUT2D eigenvalue weighted by Gasteiger charge is 2.11. The van der Waals surface area contributed by atoms with E-state index in [4.69, 9.17) is 4.74 Å². The molecule has 0 spiro atoms. The van der Waals surface area contributed by atoms with Gasteiger partial charge >= 0.3 is 0 Å². The maximum absolute atomic E-state index is 5.47. The predicted octanol–water partition coefficient (Wildman–Crippen LogP) is 5.83. The van der Waals surface area contributed by atoms with Crippen LogP contribution in [-0.4, -0.2) is 7.11 Å². The minimum atomic E-state index is 0.264. The van der Waals surface area contributed by atoms with Crippen LogP contribution in [0.2, 0.25) is 0 Å². The van der Waals surface area contributed by atoms with Crippen molar-refractivity contribution in [3.05, 3.63) is 60.9 Å². The van der Waals surface area contributed by atoms with E-state index in [0.29, 0.717) is 0 Å². The van der Waals surface area contributed by atoms with Crippen molar-refractivity contribution in [2.75, 3.05) is 7.11 Å². The van der Waals surface area contributed by atoms with Gasteiger partial charge in [-0.05, 0) is 52.7 Å². The summed E-state index contributed by atoms with van der Waals surface area (Å²) in [4.78, 5) is 0. The van der Waals surface area contributed by atoms with E-state index in [1.165, 1.54) is 5.56 Å². The van der Waals surface area contributed by atoms with E-state index >= 15 is 0 Å². The largest absolute Gasteiger partial charge is 0.495 e. The van der Waals surface area contributed by atoms with Crippen LogP contribution in [0.25, 0.3) is 0 Å². The van der Waals surface area contributed by atoms with E-state index in [-0.39, 0.29) is 6.04 Å². The summed E-state index contributed by atoms with van der Waals surface area (Å²) in [6.07, 6.45) is 0. The smallest absolute Gasteiger partial charge is 0.137 e. The molecule has 112 valence electrons. The first-order valence-corrected chi connectivity index (χ1v) is 8.90. The van der Waals surface area contributed by atoms with Crippen LogP contribution in [-0.2, 0) is 6.54 Å². The molecule has 0 aliphatic heterocycles. The summed E-state index contributed by atoms with van der Waals surface area (Å²) in [5, 5.41) is 3.53. The molecule has 0 aliphatic rings. The summed E-state index contributed by atoms with van der Waals surface area (Å²) in [5.74, 6) is 0.869. The van der Waals surface area contributed by atoms with Gasteiger partial charge in [0.1, 0.15) is 5.75 Å². The van der Waals surface area contributed by atoms with Crippen molar-refractivity contribution in [1.82, 2.24) is 5.32 Å². The normalized spacial score (nSPS) is 12.2. The van der Waals surface area contributed by atoms with Crippen molar-refractivity contribution in [2.45, 2.75) is 19.5 Å². The Morgan fingerprint density at radius 3 is 2.33 bits per heavy atom. The second kappa shape index (κ2) is 7.77. The van der Waals surface area contributed by atoms with E-state index in [0.717, 1.165) is 31.3 Å². The fraction of sp³-hybridized carbons (Fsp3) is 0.250. The Morgan fingerprint density at radius 2 is 1.71 bits per heavy atom. The van der Waals surface area contributed by atoms with Crippen molar-refractivity contribution in [2.24, 2.45) is 0 Å². The molecule has 0 fully saturated rings. The molecular formula is C16H16Br3NO. The molecule has 0 heterocycles. The van der Waals surface area contributed by atoms with E-state index < -0.39 is 0 Å². The van der Waals surface area contributed by atoms with E-state index in [1.807, 2.05) is 6.07 Å². The van der Waals surface area contributed by atoms with Gasteiger partial charge in [0.05, 0.1) is 11.6 Å². The van der Waals surface area contributed by atoms with Crippen molar-refractivity contribution in [1.29, 1.82) is 0 Å². The number of benzene rings is 2. The number of hydrogen-bond donors (Lipinski definition) is 1. The second-order valence-corrected chi connectivity index (χ2v) is 7.42. The van der Waals surface area contributed by atoms with Gasteiger partial charge in [-0.3, -0.25) is 0 Å². The van der Waals surface area contributed by atoms with Crippen molar-refractivity contribution in [3.63, 3.8) is 0 Å². The highest BCUT2D eigenvalue weighted by molar-refractivity contribution is 9.11. The topological polar surface area (TPSA) is 21.3 Å². The standard InChI is InChI=1S/C16H16Br3NO/c1-10(11-3-5-13(17)6-4-11)20-9-12-7-14(18)8-15(19)16(12)21-2/h3-8,10,20H,9H2,1-2H3/t10-/m0/s1. The number of ether oxygens (including phenoxy) is 1. The zero-order valence-electron chi connectivity index (χ0n) is 11.8. The van der Waals surface area contributed by atoms with E-state index in [9.17, 15) is 0 Å². The van der Waals surface area contributed by atoms with Crippen molar-refractivity contribution < 1.29 is 4.74 Å². The van der Waals surface area contributed by atoms with Crippen LogP contribution in [0.4, 0.5) is 0 Å². The highest BCUT2D eigenvalue weighted by Crippen LogP contribution is 2.33. The van der Waals surface area contributed by atoms with Crippen LogP contribution in [0.5, 0.6) is 5.75 Å². The highest BCUT2D eigenvalue weighted by atomic mass is 79.9. The molecule has 0 aromatic heterocycles. The molecule has 2 aromatic carbocycles. The van der Waals surface area contributed by atoms with Gasteiger partial charge in [0.25, 0.3) is 0 Å². The number of hydrogen-bond acceptors (Lipinski definition) is 2.